The summed E-state index contributed by atoms with van der Waals surface area (Å²) in [6, 6.07) is 9.22. The molecule has 1 N–H and O–H groups in total. The highest BCUT2D eigenvalue weighted by Crippen LogP contribution is 2.20. The number of hydrogen-bond donors (Lipinski definition) is 1. The van der Waals surface area contributed by atoms with Crippen molar-refractivity contribution in [3.05, 3.63) is 46.4 Å². The van der Waals surface area contributed by atoms with E-state index in [-0.39, 0.29) is 0 Å². The van der Waals surface area contributed by atoms with E-state index in [0.29, 0.717) is 6.04 Å². The van der Waals surface area contributed by atoms with E-state index in [0.717, 1.165) is 12.2 Å². The molecular weight excluding hydrogens is 260 g/mol. The Bertz CT molecular complexity index is 451. The van der Waals surface area contributed by atoms with Crippen molar-refractivity contribution in [2.45, 2.75) is 24.3 Å². The maximum absolute atomic E-state index is 4.12. The molecule has 18 heavy (non-hydrogen) atoms. The maximum atomic E-state index is 4.12. The van der Waals surface area contributed by atoms with Gasteiger partial charge in [0.05, 0.1) is 5.51 Å². The SMILES string of the molecule is CNC(CSc1ccc(C)cc1)Cc1cncs1. The lowest BCUT2D eigenvalue weighted by molar-refractivity contribution is 0.621. The molecule has 1 heterocycles. The molecule has 0 saturated heterocycles. The van der Waals surface area contributed by atoms with Crippen molar-refractivity contribution < 1.29 is 0 Å². The van der Waals surface area contributed by atoms with E-state index in [2.05, 4.69) is 41.5 Å². The quantitative estimate of drug-likeness (QED) is 0.820. The van der Waals surface area contributed by atoms with Gasteiger partial charge in [0.25, 0.3) is 0 Å². The second-order valence-corrected chi connectivity index (χ2v) is 6.35. The topological polar surface area (TPSA) is 24.9 Å². The molecule has 0 aliphatic carbocycles. The first-order valence-corrected chi connectivity index (χ1v) is 7.88. The minimum atomic E-state index is 0.497. The van der Waals surface area contributed by atoms with Gasteiger partial charge in [-0.2, -0.15) is 0 Å². The highest BCUT2D eigenvalue weighted by atomic mass is 32.2. The molecule has 0 spiro atoms. The minimum absolute atomic E-state index is 0.497. The molecule has 4 heteroatoms. The average molecular weight is 278 g/mol. The first-order valence-electron chi connectivity index (χ1n) is 6.02. The Morgan fingerprint density at radius 3 is 2.72 bits per heavy atom. The van der Waals surface area contributed by atoms with Gasteiger partial charge in [0.2, 0.25) is 0 Å². The number of aryl methyl sites for hydroxylation is 1. The smallest absolute Gasteiger partial charge is 0.0794 e. The lowest BCUT2D eigenvalue weighted by atomic mass is 10.2. The maximum Gasteiger partial charge on any atom is 0.0794 e. The van der Waals surface area contributed by atoms with Gasteiger partial charge in [-0.05, 0) is 32.5 Å². The largest absolute Gasteiger partial charge is 0.316 e. The third-order valence-corrected chi connectivity index (χ3v) is 4.79. The Kier molecular flexibility index (Phi) is 5.23. The number of rotatable bonds is 6. The molecule has 2 aromatic rings. The van der Waals surface area contributed by atoms with E-state index < -0.39 is 0 Å². The third-order valence-electron chi connectivity index (χ3n) is 2.81. The van der Waals surface area contributed by atoms with Crippen LogP contribution in [0.4, 0.5) is 0 Å². The number of benzene rings is 1. The van der Waals surface area contributed by atoms with E-state index >= 15 is 0 Å². The summed E-state index contributed by atoms with van der Waals surface area (Å²) in [7, 11) is 2.03. The first kappa shape index (κ1) is 13.6. The Morgan fingerprint density at radius 1 is 1.33 bits per heavy atom. The van der Waals surface area contributed by atoms with Gasteiger partial charge in [-0.15, -0.1) is 23.1 Å². The molecule has 2 rings (SSSR count). The molecule has 1 aromatic heterocycles. The van der Waals surface area contributed by atoms with Crippen molar-refractivity contribution in [1.82, 2.24) is 10.3 Å². The van der Waals surface area contributed by atoms with Crippen LogP contribution in [-0.2, 0) is 6.42 Å². The van der Waals surface area contributed by atoms with Crippen molar-refractivity contribution in [2.75, 3.05) is 12.8 Å². The molecule has 2 nitrogen and oxygen atoms in total. The Labute approximate surface area is 117 Å². The summed E-state index contributed by atoms with van der Waals surface area (Å²) in [4.78, 5) is 6.81. The molecule has 0 amide bonds. The number of likely N-dealkylation sites (N-methyl/N-ethyl adjacent to an activating group) is 1. The van der Waals surface area contributed by atoms with Crippen LogP contribution in [0.3, 0.4) is 0 Å². The van der Waals surface area contributed by atoms with Gasteiger partial charge in [0.15, 0.2) is 0 Å². The van der Waals surface area contributed by atoms with E-state index in [1.54, 1.807) is 11.3 Å². The van der Waals surface area contributed by atoms with Crippen molar-refractivity contribution in [3.8, 4) is 0 Å². The zero-order valence-electron chi connectivity index (χ0n) is 10.7. The van der Waals surface area contributed by atoms with E-state index in [1.807, 2.05) is 30.5 Å². The summed E-state index contributed by atoms with van der Waals surface area (Å²) in [6.45, 7) is 2.12. The summed E-state index contributed by atoms with van der Waals surface area (Å²) >= 11 is 3.64. The van der Waals surface area contributed by atoms with Crippen LogP contribution in [0.2, 0.25) is 0 Å². The molecule has 0 saturated carbocycles. The zero-order chi connectivity index (χ0) is 12.8. The van der Waals surface area contributed by atoms with Crippen LogP contribution in [0, 0.1) is 6.92 Å². The Hall–Kier alpha value is -0.840. The fourth-order valence-electron chi connectivity index (χ4n) is 1.66. The van der Waals surface area contributed by atoms with Crippen molar-refractivity contribution >= 4 is 23.1 Å². The van der Waals surface area contributed by atoms with Crippen molar-refractivity contribution in [1.29, 1.82) is 0 Å². The molecule has 0 radical (unpaired) electrons. The van der Waals surface area contributed by atoms with Gasteiger partial charge < -0.3 is 5.32 Å². The monoisotopic (exact) mass is 278 g/mol. The van der Waals surface area contributed by atoms with E-state index in [9.17, 15) is 0 Å². The standard InChI is InChI=1S/C14H18N2S2/c1-11-3-5-13(6-4-11)17-9-12(15-2)7-14-8-16-10-18-14/h3-6,8,10,12,15H,7,9H2,1-2H3. The highest BCUT2D eigenvalue weighted by molar-refractivity contribution is 7.99. The predicted molar refractivity (Wildman–Crippen MR) is 80.6 cm³/mol. The number of nitrogens with zero attached hydrogens (tertiary/aromatic N) is 1. The fraction of sp³-hybridized carbons (Fsp3) is 0.357. The van der Waals surface area contributed by atoms with Gasteiger partial charge >= 0.3 is 0 Å². The predicted octanol–water partition coefficient (Wildman–Crippen LogP) is 3.37. The summed E-state index contributed by atoms with van der Waals surface area (Å²) < 4.78 is 0. The molecule has 0 bridgehead atoms. The van der Waals surface area contributed by atoms with E-state index in [4.69, 9.17) is 0 Å². The highest BCUT2D eigenvalue weighted by Gasteiger charge is 2.09. The zero-order valence-corrected chi connectivity index (χ0v) is 12.4. The van der Waals surface area contributed by atoms with Crippen LogP contribution in [0.1, 0.15) is 10.4 Å². The molecule has 1 unspecified atom stereocenters. The van der Waals surface area contributed by atoms with Gasteiger partial charge in [0.1, 0.15) is 0 Å². The average Bonchev–Trinajstić information content (AvgIpc) is 2.89. The molecular formula is C14H18N2S2. The van der Waals surface area contributed by atoms with Gasteiger partial charge in [-0.1, -0.05) is 17.7 Å². The normalized spacial score (nSPS) is 12.6. The van der Waals surface area contributed by atoms with Gasteiger partial charge in [-0.3, -0.25) is 4.98 Å². The third kappa shape index (κ3) is 4.12. The molecule has 96 valence electrons. The Morgan fingerprint density at radius 2 is 2.11 bits per heavy atom. The summed E-state index contributed by atoms with van der Waals surface area (Å²) in [5, 5.41) is 3.38. The lowest BCUT2D eigenvalue weighted by Gasteiger charge is -2.14. The van der Waals surface area contributed by atoms with Crippen LogP contribution in [0.5, 0.6) is 0 Å². The molecule has 0 fully saturated rings. The molecule has 0 aliphatic rings. The summed E-state index contributed by atoms with van der Waals surface area (Å²) in [5.74, 6) is 1.08. The number of hydrogen-bond acceptors (Lipinski definition) is 4. The molecule has 0 aliphatic heterocycles. The number of aromatic nitrogens is 1. The number of thiazole rings is 1. The fourth-order valence-corrected chi connectivity index (χ4v) is 3.34. The Balaban J connectivity index is 1.85. The van der Waals surface area contributed by atoms with Crippen molar-refractivity contribution in [2.24, 2.45) is 0 Å². The second kappa shape index (κ2) is 6.92. The summed E-state index contributed by atoms with van der Waals surface area (Å²) in [6.07, 6.45) is 3.02. The van der Waals surface area contributed by atoms with Crippen LogP contribution in [0.25, 0.3) is 0 Å². The van der Waals surface area contributed by atoms with Crippen LogP contribution in [0.15, 0.2) is 40.9 Å². The van der Waals surface area contributed by atoms with Gasteiger partial charge in [0, 0.05) is 27.8 Å². The van der Waals surface area contributed by atoms with Crippen LogP contribution in [-0.4, -0.2) is 23.8 Å². The minimum Gasteiger partial charge on any atom is -0.316 e. The van der Waals surface area contributed by atoms with Gasteiger partial charge in [-0.25, -0.2) is 0 Å². The molecule has 1 aromatic carbocycles. The van der Waals surface area contributed by atoms with Crippen LogP contribution >= 0.6 is 23.1 Å². The van der Waals surface area contributed by atoms with Crippen LogP contribution < -0.4 is 5.32 Å². The van der Waals surface area contributed by atoms with E-state index in [1.165, 1.54) is 15.3 Å². The number of thioether (sulfide) groups is 1. The second-order valence-electron chi connectivity index (χ2n) is 4.28. The molecule has 1 atom stereocenters. The number of nitrogens with one attached hydrogen (secondary N) is 1. The summed E-state index contributed by atoms with van der Waals surface area (Å²) in [5.41, 5.74) is 3.21. The lowest BCUT2D eigenvalue weighted by Crippen LogP contribution is -2.29. The van der Waals surface area contributed by atoms with Crippen molar-refractivity contribution in [3.63, 3.8) is 0 Å². The first-order chi connectivity index (χ1) is 8.78.